The van der Waals surface area contributed by atoms with Gasteiger partial charge in [-0.25, -0.2) is 0 Å². The Bertz CT molecular complexity index is 2620. The van der Waals surface area contributed by atoms with Crippen molar-refractivity contribution in [2.75, 3.05) is 0 Å². The monoisotopic (exact) mass is 1050 g/mol. The van der Waals surface area contributed by atoms with Gasteiger partial charge in [-0.1, -0.05) is 118 Å². The second-order valence-corrected chi connectivity index (χ2v) is 16.0. The van der Waals surface area contributed by atoms with E-state index in [2.05, 4.69) is 108 Å². The van der Waals surface area contributed by atoms with Crippen molar-refractivity contribution in [1.29, 1.82) is 0 Å². The van der Waals surface area contributed by atoms with E-state index in [-0.39, 0.29) is 64.7 Å². The molecule has 11 heteroatoms. The molecule has 302 valence electrons. The first-order valence-electron chi connectivity index (χ1n) is 19.2. The van der Waals surface area contributed by atoms with Crippen LogP contribution in [-0.4, -0.2) is 34.9 Å². The Morgan fingerprint density at radius 2 is 1.02 bits per heavy atom. The van der Waals surface area contributed by atoms with Gasteiger partial charge in [0.2, 0.25) is 0 Å². The Kier molecular flexibility index (Phi) is 13.0. The second-order valence-electron chi connectivity index (χ2n) is 16.0. The van der Waals surface area contributed by atoms with Crippen LogP contribution in [0.3, 0.4) is 0 Å². The second kappa shape index (κ2) is 17.6. The van der Waals surface area contributed by atoms with E-state index in [1.54, 1.807) is 0 Å². The summed E-state index contributed by atoms with van der Waals surface area (Å²) in [5.74, 6) is 3.41. The summed E-state index contributed by atoms with van der Waals surface area (Å²) in [5.41, 5.74) is 8.64. The smallest absolute Gasteiger partial charge is 0.503 e. The van der Waals surface area contributed by atoms with Crippen LogP contribution in [-0.2, 0) is 46.9 Å². The van der Waals surface area contributed by atoms with Crippen molar-refractivity contribution < 1.29 is 51.0 Å². The van der Waals surface area contributed by atoms with E-state index in [0.29, 0.717) is 39.9 Å². The Morgan fingerprint density at radius 3 is 1.41 bits per heavy atom. The number of aryl methyl sites for hydroxylation is 2. The number of ether oxygens (including phenoxy) is 2. The van der Waals surface area contributed by atoms with E-state index >= 15 is 0 Å². The minimum atomic E-state index is -0.333. The van der Waals surface area contributed by atoms with Crippen LogP contribution in [0.4, 0.5) is 0 Å². The molecule has 59 heavy (non-hydrogen) atoms. The number of nitrogens with zero attached hydrogens (tertiary/aromatic N) is 7. The Balaban J connectivity index is 0.00000293. The third-order valence-electron chi connectivity index (χ3n) is 9.80. The predicted octanol–water partition coefficient (Wildman–Crippen LogP) is 11.4. The maximum Gasteiger partial charge on any atom is 2.00 e. The van der Waals surface area contributed by atoms with Crippen molar-refractivity contribution >= 4 is 21.8 Å². The standard InChI is InChI=1S/C48H43N7O2.Pd.Pt/c1-28(2)36-14-10-32(40-22-30(5)18-20-49-40)24-44(36)56-34-12-16-38-39-17-13-35(27-43(39)55(42(38)26-34)47-53-51-46(52-54-47)48(7,8)9)57-45-25-33(11-15-37(45)29(3)4)41-23-31(6)19-21-50-41;;/h10-23,28-29H,1-9H3;;/q-4;2*+2. The molecule has 0 aliphatic carbocycles. The maximum atomic E-state index is 6.65. The van der Waals surface area contributed by atoms with Crippen molar-refractivity contribution in [3.8, 4) is 51.5 Å². The van der Waals surface area contributed by atoms with E-state index in [9.17, 15) is 0 Å². The van der Waals surface area contributed by atoms with Gasteiger partial charge in [0.25, 0.3) is 5.95 Å². The molecule has 0 saturated heterocycles. The summed E-state index contributed by atoms with van der Waals surface area (Å²) in [5, 5.41) is 20.0. The molecule has 0 radical (unpaired) electrons. The molecule has 0 unspecified atom stereocenters. The molecule has 0 N–H and O–H groups in total. The van der Waals surface area contributed by atoms with Crippen molar-refractivity contribution in [2.45, 2.75) is 79.6 Å². The molecule has 0 atom stereocenters. The van der Waals surface area contributed by atoms with Gasteiger partial charge >= 0.3 is 41.5 Å². The van der Waals surface area contributed by atoms with Gasteiger partial charge in [-0.05, 0) is 37.4 Å². The van der Waals surface area contributed by atoms with Crippen LogP contribution in [0.25, 0.3) is 50.3 Å². The maximum absolute atomic E-state index is 6.65. The summed E-state index contributed by atoms with van der Waals surface area (Å²) < 4.78 is 15.2. The third-order valence-corrected chi connectivity index (χ3v) is 9.80. The topological polar surface area (TPSA) is 101 Å². The molecule has 4 heterocycles. The molecule has 9 nitrogen and oxygen atoms in total. The average Bonchev–Trinajstić information content (AvgIpc) is 3.50. The number of rotatable bonds is 9. The molecule has 4 aromatic carbocycles. The number of hydrogen-bond acceptors (Lipinski definition) is 8. The van der Waals surface area contributed by atoms with Crippen LogP contribution in [0.15, 0.2) is 85.2 Å². The molecular formula is C48H43N7O2PdPt. The van der Waals surface area contributed by atoms with Gasteiger partial charge in [0, 0.05) is 40.8 Å². The molecule has 8 rings (SSSR count). The molecule has 0 spiro atoms. The van der Waals surface area contributed by atoms with Crippen molar-refractivity contribution in [3.63, 3.8) is 0 Å². The minimum Gasteiger partial charge on any atom is -0.503 e. The zero-order valence-corrected chi connectivity index (χ0v) is 38.1. The summed E-state index contributed by atoms with van der Waals surface area (Å²) in [4.78, 5) is 9.18. The first kappa shape index (κ1) is 43.4. The van der Waals surface area contributed by atoms with Crippen LogP contribution in [0.5, 0.6) is 23.0 Å². The summed E-state index contributed by atoms with van der Waals surface area (Å²) in [7, 11) is 0. The van der Waals surface area contributed by atoms with Crippen LogP contribution in [0.2, 0.25) is 0 Å². The van der Waals surface area contributed by atoms with Gasteiger partial charge < -0.3 is 24.0 Å². The van der Waals surface area contributed by atoms with E-state index in [1.807, 2.05) is 98.4 Å². The van der Waals surface area contributed by atoms with Crippen molar-refractivity contribution in [1.82, 2.24) is 34.9 Å². The van der Waals surface area contributed by atoms with Crippen LogP contribution in [0.1, 0.15) is 88.4 Å². The summed E-state index contributed by atoms with van der Waals surface area (Å²) in [6, 6.07) is 38.2. The molecule has 0 fully saturated rings. The van der Waals surface area contributed by atoms with E-state index < -0.39 is 0 Å². The number of hydrogen-bond donors (Lipinski definition) is 0. The summed E-state index contributed by atoms with van der Waals surface area (Å²) in [6.45, 7) is 18.7. The number of benzene rings is 4. The van der Waals surface area contributed by atoms with Crippen LogP contribution < -0.4 is 9.47 Å². The number of pyridine rings is 2. The average molecular weight is 1050 g/mol. The first-order valence-corrected chi connectivity index (χ1v) is 19.2. The number of fused-ring (bicyclic) bond motifs is 3. The zero-order chi connectivity index (χ0) is 40.0. The van der Waals surface area contributed by atoms with Crippen molar-refractivity contribution in [3.05, 3.63) is 138 Å². The fourth-order valence-corrected chi connectivity index (χ4v) is 6.69. The van der Waals surface area contributed by atoms with Gasteiger partial charge in [0.05, 0.1) is 0 Å². The van der Waals surface area contributed by atoms with Gasteiger partial charge in [-0.15, -0.1) is 80.1 Å². The summed E-state index contributed by atoms with van der Waals surface area (Å²) >= 11 is 0. The first-order chi connectivity index (χ1) is 27.3. The van der Waals surface area contributed by atoms with Gasteiger partial charge in [0.15, 0.2) is 5.82 Å². The van der Waals surface area contributed by atoms with E-state index in [4.69, 9.17) is 9.47 Å². The third kappa shape index (κ3) is 9.06. The Labute approximate surface area is 374 Å². The fraction of sp³-hybridized carbons (Fsp3) is 0.250. The molecule has 0 saturated carbocycles. The minimum absolute atomic E-state index is 0. The largest absolute Gasteiger partial charge is 2.00 e. The predicted molar refractivity (Wildman–Crippen MR) is 223 cm³/mol. The number of aromatic nitrogens is 7. The molecule has 0 amide bonds. The van der Waals surface area contributed by atoms with Gasteiger partial charge in [-0.2, -0.15) is 22.9 Å². The molecular weight excluding hydrogens is 1010 g/mol. The van der Waals surface area contributed by atoms with E-state index in [1.165, 1.54) is 0 Å². The van der Waals surface area contributed by atoms with Crippen LogP contribution in [0, 0.1) is 38.1 Å². The van der Waals surface area contributed by atoms with Crippen LogP contribution >= 0.6 is 0 Å². The van der Waals surface area contributed by atoms with Gasteiger partial charge in [-0.3, -0.25) is 0 Å². The molecule has 0 bridgehead atoms. The summed E-state index contributed by atoms with van der Waals surface area (Å²) in [6.07, 6.45) is 3.62. The van der Waals surface area contributed by atoms with E-state index in [0.717, 1.165) is 55.5 Å². The molecule has 8 aromatic rings. The fourth-order valence-electron chi connectivity index (χ4n) is 6.69. The Hall–Kier alpha value is -5.13. The molecule has 0 aliphatic heterocycles. The molecule has 4 aromatic heterocycles. The quantitative estimate of drug-likeness (QED) is 0.104. The van der Waals surface area contributed by atoms with Crippen molar-refractivity contribution in [2.24, 2.45) is 0 Å². The van der Waals surface area contributed by atoms with Gasteiger partial charge in [0.1, 0.15) is 0 Å². The normalized spacial score (nSPS) is 11.5. The Morgan fingerprint density at radius 1 is 0.576 bits per heavy atom. The zero-order valence-electron chi connectivity index (χ0n) is 34.3. The SMILES string of the molecule is Cc1ccnc(-c2[c-]c(Oc3[c-]c4c(cc3)c3ccc(Oc5[c-]c(-c6cc(C)ccn6)ccc5C(C)C)[c-]c3n4-c3nnc(C(C)(C)C)nn3)c(C(C)C)cc2)c1.[Pd+2].[Pt+2]. The molecule has 0 aliphatic rings.